The summed E-state index contributed by atoms with van der Waals surface area (Å²) < 4.78 is 2.06. The fourth-order valence-corrected chi connectivity index (χ4v) is 4.09. The van der Waals surface area contributed by atoms with Crippen molar-refractivity contribution in [3.8, 4) is 0 Å². The van der Waals surface area contributed by atoms with Gasteiger partial charge in [0.25, 0.3) is 0 Å². The lowest BCUT2D eigenvalue weighted by molar-refractivity contribution is 0.168. The summed E-state index contributed by atoms with van der Waals surface area (Å²) in [6.45, 7) is 5.42. The van der Waals surface area contributed by atoms with E-state index in [-0.39, 0.29) is 0 Å². The van der Waals surface area contributed by atoms with Gasteiger partial charge in [-0.15, -0.1) is 0 Å². The van der Waals surface area contributed by atoms with Gasteiger partial charge >= 0.3 is 0 Å². The molecule has 0 amide bonds. The molecular formula is C19H28N6. The Kier molecular flexibility index (Phi) is 4.88. The van der Waals surface area contributed by atoms with Gasteiger partial charge < -0.3 is 14.6 Å². The molecule has 2 aliphatic heterocycles. The van der Waals surface area contributed by atoms with Gasteiger partial charge in [-0.25, -0.2) is 4.98 Å². The number of nitrogens with one attached hydrogen (secondary N) is 1. The van der Waals surface area contributed by atoms with Gasteiger partial charge in [0, 0.05) is 38.6 Å². The lowest BCUT2D eigenvalue weighted by Crippen LogP contribution is -2.44. The van der Waals surface area contributed by atoms with Crippen LogP contribution in [0.25, 0.3) is 5.65 Å². The molecule has 4 rings (SSSR count). The van der Waals surface area contributed by atoms with Gasteiger partial charge in [-0.2, -0.15) is 0 Å². The third-order valence-corrected chi connectivity index (χ3v) is 5.42. The lowest BCUT2D eigenvalue weighted by Gasteiger charge is -2.32. The van der Waals surface area contributed by atoms with E-state index in [2.05, 4.69) is 35.7 Å². The second kappa shape index (κ2) is 7.44. The Bertz CT molecular complexity index is 697. The number of hydrogen-bond acceptors (Lipinski definition) is 3. The molecule has 1 N–H and O–H groups in total. The first kappa shape index (κ1) is 16.4. The van der Waals surface area contributed by atoms with E-state index in [1.54, 1.807) is 0 Å². The fraction of sp³-hybridized carbons (Fsp3) is 0.579. The molecule has 2 saturated heterocycles. The molecule has 0 aliphatic carbocycles. The van der Waals surface area contributed by atoms with Crippen molar-refractivity contribution in [2.24, 2.45) is 4.99 Å². The van der Waals surface area contributed by atoms with Crippen LogP contribution < -0.4 is 5.32 Å². The molecule has 0 aromatic carbocycles. The highest BCUT2D eigenvalue weighted by Crippen LogP contribution is 2.20. The topological polar surface area (TPSA) is 48.2 Å². The highest BCUT2D eigenvalue weighted by atomic mass is 15.3. The summed E-state index contributed by atoms with van der Waals surface area (Å²) >= 11 is 0. The first-order chi connectivity index (χ1) is 12.3. The first-order valence-corrected chi connectivity index (χ1v) is 9.46. The summed E-state index contributed by atoms with van der Waals surface area (Å²) in [6, 6.07) is 6.76. The summed E-state index contributed by atoms with van der Waals surface area (Å²) in [6.07, 6.45) is 9.47. The van der Waals surface area contributed by atoms with Gasteiger partial charge in [-0.1, -0.05) is 12.5 Å². The summed E-state index contributed by atoms with van der Waals surface area (Å²) in [4.78, 5) is 14.2. The molecule has 4 heterocycles. The van der Waals surface area contributed by atoms with Gasteiger partial charge in [0.1, 0.15) is 5.65 Å². The van der Waals surface area contributed by atoms with Crippen LogP contribution in [0.15, 0.2) is 35.6 Å². The number of hydrogen-bond donors (Lipinski definition) is 1. The summed E-state index contributed by atoms with van der Waals surface area (Å²) in [5.74, 6) is 0.997. The lowest BCUT2D eigenvalue weighted by atomic mass is 10.1. The van der Waals surface area contributed by atoms with E-state index in [1.807, 2.05) is 31.4 Å². The molecule has 134 valence electrons. The number of rotatable bonds is 3. The third kappa shape index (κ3) is 3.63. The Morgan fingerprint density at radius 3 is 2.92 bits per heavy atom. The molecular weight excluding hydrogens is 312 g/mol. The van der Waals surface area contributed by atoms with Gasteiger partial charge in [0.2, 0.25) is 0 Å². The van der Waals surface area contributed by atoms with E-state index in [0.717, 1.165) is 30.4 Å². The number of likely N-dealkylation sites (tertiary alicyclic amines) is 2. The van der Waals surface area contributed by atoms with Crippen LogP contribution in [0, 0.1) is 0 Å². The molecule has 25 heavy (non-hydrogen) atoms. The third-order valence-electron chi connectivity index (χ3n) is 5.42. The average molecular weight is 340 g/mol. The number of aromatic nitrogens is 2. The van der Waals surface area contributed by atoms with Crippen LogP contribution in [0.3, 0.4) is 0 Å². The maximum atomic E-state index is 4.65. The molecule has 1 unspecified atom stereocenters. The zero-order valence-corrected chi connectivity index (χ0v) is 15.1. The molecule has 2 aliphatic rings. The number of piperidine rings is 1. The quantitative estimate of drug-likeness (QED) is 0.686. The number of pyridine rings is 1. The predicted molar refractivity (Wildman–Crippen MR) is 101 cm³/mol. The maximum Gasteiger partial charge on any atom is 0.194 e. The van der Waals surface area contributed by atoms with Crippen molar-refractivity contribution in [2.75, 3.05) is 33.2 Å². The molecule has 0 saturated carbocycles. The van der Waals surface area contributed by atoms with Crippen LogP contribution in [0.5, 0.6) is 0 Å². The molecule has 2 aromatic heterocycles. The Morgan fingerprint density at radius 2 is 2.12 bits per heavy atom. The van der Waals surface area contributed by atoms with Gasteiger partial charge in [-0.05, 0) is 44.5 Å². The highest BCUT2D eigenvalue weighted by Gasteiger charge is 2.29. The largest absolute Gasteiger partial charge is 0.351 e. The van der Waals surface area contributed by atoms with E-state index < -0.39 is 0 Å². The van der Waals surface area contributed by atoms with Gasteiger partial charge in [0.05, 0.1) is 12.2 Å². The Hall–Kier alpha value is -2.08. The van der Waals surface area contributed by atoms with E-state index in [1.165, 1.54) is 38.8 Å². The minimum atomic E-state index is 0.689. The smallest absolute Gasteiger partial charge is 0.194 e. The van der Waals surface area contributed by atoms with Gasteiger partial charge in [0.15, 0.2) is 5.96 Å². The molecule has 0 spiro atoms. The van der Waals surface area contributed by atoms with Crippen molar-refractivity contribution >= 4 is 11.6 Å². The number of fused-ring (bicyclic) bond motifs is 1. The zero-order valence-electron chi connectivity index (χ0n) is 15.1. The number of guanidine groups is 1. The van der Waals surface area contributed by atoms with Crippen molar-refractivity contribution in [1.82, 2.24) is 24.5 Å². The maximum absolute atomic E-state index is 4.65. The molecule has 0 bridgehead atoms. The minimum Gasteiger partial charge on any atom is -0.351 e. The van der Waals surface area contributed by atoms with E-state index in [9.17, 15) is 0 Å². The van der Waals surface area contributed by atoms with Gasteiger partial charge in [-0.3, -0.25) is 9.89 Å². The second-order valence-electron chi connectivity index (χ2n) is 7.08. The summed E-state index contributed by atoms with van der Waals surface area (Å²) in [5, 5.41) is 3.49. The van der Waals surface area contributed by atoms with Crippen LogP contribution in [-0.4, -0.2) is 64.4 Å². The van der Waals surface area contributed by atoms with Crippen LogP contribution in [0.4, 0.5) is 0 Å². The van der Waals surface area contributed by atoms with E-state index in [0.29, 0.717) is 12.6 Å². The van der Waals surface area contributed by atoms with Crippen LogP contribution in [-0.2, 0) is 6.54 Å². The zero-order chi connectivity index (χ0) is 17.1. The fourth-order valence-electron chi connectivity index (χ4n) is 4.09. The van der Waals surface area contributed by atoms with Crippen molar-refractivity contribution < 1.29 is 0 Å². The van der Waals surface area contributed by atoms with E-state index in [4.69, 9.17) is 0 Å². The minimum absolute atomic E-state index is 0.689. The number of aliphatic imine (C=N–C) groups is 1. The van der Waals surface area contributed by atoms with E-state index >= 15 is 0 Å². The van der Waals surface area contributed by atoms with Crippen LogP contribution in [0.2, 0.25) is 0 Å². The summed E-state index contributed by atoms with van der Waals surface area (Å²) in [7, 11) is 1.88. The molecule has 6 heteroatoms. The summed E-state index contributed by atoms with van der Waals surface area (Å²) in [5.41, 5.74) is 2.03. The Morgan fingerprint density at radius 1 is 1.24 bits per heavy atom. The Balaban J connectivity index is 1.34. The molecule has 2 fully saturated rings. The first-order valence-electron chi connectivity index (χ1n) is 9.46. The average Bonchev–Trinajstić information content (AvgIpc) is 3.30. The molecule has 1 atom stereocenters. The number of nitrogens with zero attached hydrogens (tertiary/aromatic N) is 5. The SMILES string of the molecule is CN=C(NCc1cn2ccccc2n1)N1CCC(N2CCCCC2)C1. The Labute approximate surface area is 149 Å². The standard InChI is InChI=1S/C19H28N6/c1-20-19(21-13-16-14-24-11-6-3-7-18(24)22-16)25-12-8-17(15-25)23-9-4-2-5-10-23/h3,6-7,11,14,17H,2,4-5,8-10,12-13,15H2,1H3,(H,20,21). The highest BCUT2D eigenvalue weighted by molar-refractivity contribution is 5.80. The van der Waals surface area contributed by atoms with Crippen LogP contribution in [0.1, 0.15) is 31.4 Å². The van der Waals surface area contributed by atoms with Crippen molar-refractivity contribution in [3.63, 3.8) is 0 Å². The molecule has 0 radical (unpaired) electrons. The number of imidazole rings is 1. The predicted octanol–water partition coefficient (Wildman–Crippen LogP) is 1.97. The van der Waals surface area contributed by atoms with Crippen LogP contribution >= 0.6 is 0 Å². The molecule has 6 nitrogen and oxygen atoms in total. The molecule has 2 aromatic rings. The second-order valence-corrected chi connectivity index (χ2v) is 7.08. The van der Waals surface area contributed by atoms with Crippen molar-refractivity contribution in [1.29, 1.82) is 0 Å². The van der Waals surface area contributed by atoms with Crippen molar-refractivity contribution in [3.05, 3.63) is 36.3 Å². The normalized spacial score (nSPS) is 22.7. The van der Waals surface area contributed by atoms with Crippen molar-refractivity contribution in [2.45, 2.75) is 38.3 Å². The monoisotopic (exact) mass is 340 g/mol.